The van der Waals surface area contributed by atoms with E-state index in [-0.39, 0.29) is 17.8 Å². The number of rotatable bonds is 3. The van der Waals surface area contributed by atoms with Crippen LogP contribution in [0.15, 0.2) is 66.7 Å². The Bertz CT molecular complexity index is 1200. The minimum atomic E-state index is -0.833. The molecule has 0 saturated carbocycles. The number of halogens is 2. The van der Waals surface area contributed by atoms with Crippen LogP contribution in [-0.4, -0.2) is 28.2 Å². The van der Waals surface area contributed by atoms with Gasteiger partial charge in [0.25, 0.3) is 11.6 Å². The minimum Gasteiger partial charge on any atom is -0.324 e. The molecule has 0 bridgehead atoms. The van der Waals surface area contributed by atoms with Gasteiger partial charge in [-0.1, -0.05) is 35.9 Å². The van der Waals surface area contributed by atoms with Gasteiger partial charge in [-0.3, -0.25) is 19.7 Å². The summed E-state index contributed by atoms with van der Waals surface area (Å²) in [6.45, 7) is -0.362. The van der Waals surface area contributed by atoms with Crippen LogP contribution >= 0.6 is 11.6 Å². The molecule has 9 heteroatoms. The molecule has 0 aromatic heterocycles. The Morgan fingerprint density at radius 1 is 1.13 bits per heavy atom. The summed E-state index contributed by atoms with van der Waals surface area (Å²) in [5, 5.41) is 14.6. The molecule has 1 aliphatic heterocycles. The zero-order valence-corrected chi connectivity index (χ0v) is 16.7. The first-order chi connectivity index (χ1) is 14.8. The van der Waals surface area contributed by atoms with Crippen molar-refractivity contribution in [2.75, 3.05) is 11.9 Å². The predicted octanol–water partition coefficient (Wildman–Crippen LogP) is 4.57. The molecule has 1 unspecified atom stereocenters. The van der Waals surface area contributed by atoms with E-state index in [0.29, 0.717) is 21.8 Å². The minimum absolute atomic E-state index is 0.155. The number of nitro benzene ring substituents is 1. The van der Waals surface area contributed by atoms with E-state index >= 15 is 0 Å². The second-order valence-corrected chi connectivity index (χ2v) is 7.38. The number of carbonyl (C=O) groups is 2. The summed E-state index contributed by atoms with van der Waals surface area (Å²) in [6, 6.07) is 15.0. The van der Waals surface area contributed by atoms with Crippen molar-refractivity contribution in [2.45, 2.75) is 6.04 Å². The fourth-order valence-electron chi connectivity index (χ4n) is 3.64. The maximum absolute atomic E-state index is 13.6. The van der Waals surface area contributed by atoms with Crippen molar-refractivity contribution >= 4 is 34.8 Å². The first kappa shape index (κ1) is 20.5. The summed E-state index contributed by atoms with van der Waals surface area (Å²) in [4.78, 5) is 38.1. The quantitative estimate of drug-likeness (QED) is 0.478. The van der Waals surface area contributed by atoms with E-state index in [0.717, 1.165) is 0 Å². The van der Waals surface area contributed by atoms with Gasteiger partial charge in [0.2, 0.25) is 5.91 Å². The summed E-state index contributed by atoms with van der Waals surface area (Å²) in [7, 11) is 0. The van der Waals surface area contributed by atoms with Crippen LogP contribution < -0.4 is 5.32 Å². The van der Waals surface area contributed by atoms with E-state index in [9.17, 15) is 24.1 Å². The lowest BCUT2D eigenvalue weighted by molar-refractivity contribution is -0.385. The summed E-state index contributed by atoms with van der Waals surface area (Å²) >= 11 is 6.19. The van der Waals surface area contributed by atoms with E-state index in [4.69, 9.17) is 11.6 Å². The average molecular weight is 440 g/mol. The molecule has 7 nitrogen and oxygen atoms in total. The van der Waals surface area contributed by atoms with Gasteiger partial charge in [0.05, 0.1) is 11.0 Å². The summed E-state index contributed by atoms with van der Waals surface area (Å²) in [5.74, 6) is -1.64. The Morgan fingerprint density at radius 3 is 2.55 bits per heavy atom. The number of nitrogens with one attached hydrogen (secondary N) is 1. The van der Waals surface area contributed by atoms with E-state index in [1.54, 1.807) is 18.2 Å². The number of amides is 2. The van der Waals surface area contributed by atoms with Crippen molar-refractivity contribution in [3.05, 3.63) is 104 Å². The van der Waals surface area contributed by atoms with Crippen molar-refractivity contribution in [3.8, 4) is 0 Å². The van der Waals surface area contributed by atoms with Crippen LogP contribution in [0, 0.1) is 15.9 Å². The Morgan fingerprint density at radius 2 is 1.84 bits per heavy atom. The van der Waals surface area contributed by atoms with E-state index in [1.165, 1.54) is 53.4 Å². The molecule has 0 aliphatic carbocycles. The van der Waals surface area contributed by atoms with Crippen molar-refractivity contribution in [1.29, 1.82) is 0 Å². The number of nitro groups is 1. The Balaban J connectivity index is 1.92. The molecule has 156 valence electrons. The second kappa shape index (κ2) is 8.16. The van der Waals surface area contributed by atoms with Crippen LogP contribution in [0.25, 0.3) is 0 Å². The Hall–Kier alpha value is -3.78. The van der Waals surface area contributed by atoms with Gasteiger partial charge in [0.15, 0.2) is 0 Å². The van der Waals surface area contributed by atoms with Crippen LogP contribution in [0.2, 0.25) is 5.02 Å². The molecule has 3 aromatic rings. The van der Waals surface area contributed by atoms with E-state index in [1.807, 2.05) is 0 Å². The van der Waals surface area contributed by atoms with Gasteiger partial charge in [-0.2, -0.15) is 0 Å². The highest BCUT2D eigenvalue weighted by atomic mass is 35.5. The van der Waals surface area contributed by atoms with Gasteiger partial charge in [-0.15, -0.1) is 0 Å². The zero-order valence-electron chi connectivity index (χ0n) is 15.9. The lowest BCUT2D eigenvalue weighted by Gasteiger charge is -2.30. The van der Waals surface area contributed by atoms with Gasteiger partial charge in [-0.05, 0) is 42.0 Å². The molecule has 0 saturated heterocycles. The van der Waals surface area contributed by atoms with Crippen molar-refractivity contribution in [2.24, 2.45) is 0 Å². The Kier molecular flexibility index (Phi) is 5.39. The van der Waals surface area contributed by atoms with Gasteiger partial charge >= 0.3 is 0 Å². The molecule has 4 rings (SSSR count). The fraction of sp³-hybridized carbons (Fsp3) is 0.0909. The molecule has 1 atom stereocenters. The Labute approximate surface area is 181 Å². The highest BCUT2D eigenvalue weighted by Crippen LogP contribution is 2.38. The SMILES string of the molecule is O=C1CN(C(=O)c2ccccc2[N+](=O)[O-])C(c2ccc(F)cc2)c2cc(Cl)ccc2N1. The van der Waals surface area contributed by atoms with Crippen LogP contribution in [0.1, 0.15) is 27.5 Å². The first-order valence-corrected chi connectivity index (χ1v) is 9.62. The summed E-state index contributed by atoms with van der Waals surface area (Å²) in [5.41, 5.74) is 0.950. The van der Waals surface area contributed by atoms with Gasteiger partial charge in [0, 0.05) is 22.3 Å². The molecule has 0 spiro atoms. The number of carbonyl (C=O) groups excluding carboxylic acids is 2. The summed E-state index contributed by atoms with van der Waals surface area (Å²) in [6.07, 6.45) is 0. The molecule has 0 fully saturated rings. The molecule has 3 aromatic carbocycles. The summed E-state index contributed by atoms with van der Waals surface area (Å²) < 4.78 is 13.6. The molecule has 0 radical (unpaired) electrons. The third kappa shape index (κ3) is 3.97. The van der Waals surface area contributed by atoms with Crippen molar-refractivity contribution in [1.82, 2.24) is 4.90 Å². The lowest BCUT2D eigenvalue weighted by atomic mass is 9.95. The molecule has 1 heterocycles. The highest BCUT2D eigenvalue weighted by molar-refractivity contribution is 6.30. The zero-order chi connectivity index (χ0) is 22.1. The molecule has 1 N–H and O–H groups in total. The maximum atomic E-state index is 13.6. The maximum Gasteiger partial charge on any atom is 0.282 e. The fourth-order valence-corrected chi connectivity index (χ4v) is 3.82. The largest absolute Gasteiger partial charge is 0.324 e. The smallest absolute Gasteiger partial charge is 0.282 e. The van der Waals surface area contributed by atoms with E-state index < -0.39 is 28.6 Å². The number of hydrogen-bond acceptors (Lipinski definition) is 4. The van der Waals surface area contributed by atoms with Crippen LogP contribution in [0.4, 0.5) is 15.8 Å². The molecular formula is C22H15ClFN3O4. The van der Waals surface area contributed by atoms with E-state index in [2.05, 4.69) is 5.32 Å². The molecular weight excluding hydrogens is 425 g/mol. The average Bonchev–Trinajstić information content (AvgIpc) is 2.89. The monoisotopic (exact) mass is 439 g/mol. The standard InChI is InChI=1S/C22H15ClFN3O4/c23-14-7-10-18-17(11-14)21(13-5-8-15(24)9-6-13)26(12-20(28)25-18)22(29)16-3-1-2-4-19(16)27(30)31/h1-11,21H,12H2,(H,25,28). The van der Waals surface area contributed by atoms with Crippen LogP contribution in [-0.2, 0) is 4.79 Å². The molecule has 2 amide bonds. The second-order valence-electron chi connectivity index (χ2n) is 6.94. The molecule has 1 aliphatic rings. The predicted molar refractivity (Wildman–Crippen MR) is 112 cm³/mol. The number of nitrogens with zero attached hydrogens (tertiary/aromatic N) is 2. The number of hydrogen-bond donors (Lipinski definition) is 1. The third-order valence-electron chi connectivity index (χ3n) is 4.99. The lowest BCUT2D eigenvalue weighted by Crippen LogP contribution is -2.39. The highest BCUT2D eigenvalue weighted by Gasteiger charge is 2.36. The third-order valence-corrected chi connectivity index (χ3v) is 5.22. The number of anilines is 1. The van der Waals surface area contributed by atoms with Crippen LogP contribution in [0.5, 0.6) is 0 Å². The van der Waals surface area contributed by atoms with Gasteiger partial charge in [-0.25, -0.2) is 4.39 Å². The number of para-hydroxylation sites is 1. The van der Waals surface area contributed by atoms with Gasteiger partial charge < -0.3 is 10.2 Å². The normalized spacial score (nSPS) is 15.6. The number of benzene rings is 3. The first-order valence-electron chi connectivity index (χ1n) is 9.24. The molecule has 31 heavy (non-hydrogen) atoms. The van der Waals surface area contributed by atoms with Crippen molar-refractivity contribution in [3.63, 3.8) is 0 Å². The topological polar surface area (TPSA) is 92.5 Å². The van der Waals surface area contributed by atoms with Gasteiger partial charge in [0.1, 0.15) is 17.9 Å². The number of fused-ring (bicyclic) bond motifs is 1. The van der Waals surface area contributed by atoms with Crippen molar-refractivity contribution < 1.29 is 18.9 Å². The van der Waals surface area contributed by atoms with Crippen LogP contribution in [0.3, 0.4) is 0 Å².